The van der Waals surface area contributed by atoms with Gasteiger partial charge >= 0.3 is 0 Å². The molecule has 12 rings (SSSR count). The summed E-state index contributed by atoms with van der Waals surface area (Å²) in [5, 5.41) is 21.2. The highest BCUT2D eigenvalue weighted by Gasteiger charge is 2.26. The molecule has 0 heterocycles. The van der Waals surface area contributed by atoms with Gasteiger partial charge in [0.2, 0.25) is 0 Å². The van der Waals surface area contributed by atoms with Gasteiger partial charge in [-0.3, -0.25) is 0 Å². The molecule has 238 valence electrons. The molecule has 12 aromatic rings. The van der Waals surface area contributed by atoms with Crippen molar-refractivity contribution in [1.29, 1.82) is 0 Å². The number of rotatable bonds is 3. The lowest BCUT2D eigenvalue weighted by Gasteiger charge is -2.19. The van der Waals surface area contributed by atoms with Gasteiger partial charge in [0.25, 0.3) is 0 Å². The molecule has 0 aromatic heterocycles. The molecule has 12 aromatic carbocycles. The summed E-state index contributed by atoms with van der Waals surface area (Å²) >= 11 is 0. The molecular formula is C52H30. The van der Waals surface area contributed by atoms with Crippen LogP contribution in [0.3, 0.4) is 0 Å². The van der Waals surface area contributed by atoms with Gasteiger partial charge in [-0.25, -0.2) is 0 Å². The third-order valence-electron chi connectivity index (χ3n) is 11.7. The molecule has 0 aliphatic rings. The number of benzene rings is 10. The molecular weight excluding hydrogens is 625 g/mol. The predicted octanol–water partition coefficient (Wildman–Crippen LogP) is 14.8. The molecule has 0 N–H and O–H groups in total. The lowest BCUT2D eigenvalue weighted by molar-refractivity contribution is 1.65. The fourth-order valence-electron chi connectivity index (χ4n) is 9.62. The largest absolute Gasteiger partial charge is 0.0622 e. The van der Waals surface area contributed by atoms with Gasteiger partial charge in [0.1, 0.15) is 0 Å². The number of fused-ring (bicyclic) bond motifs is 10. The van der Waals surface area contributed by atoms with E-state index in [1.54, 1.807) is 0 Å². The fraction of sp³-hybridized carbons (Fsp3) is 0. The summed E-state index contributed by atoms with van der Waals surface area (Å²) in [4.78, 5) is 0. The Morgan fingerprint density at radius 1 is 0.192 bits per heavy atom. The maximum absolute atomic E-state index is 2.52. The van der Waals surface area contributed by atoms with Crippen molar-refractivity contribution in [1.82, 2.24) is 0 Å². The van der Waals surface area contributed by atoms with E-state index in [-0.39, 0.29) is 0 Å². The Kier molecular flexibility index (Phi) is 5.59. The zero-order chi connectivity index (χ0) is 33.9. The first-order valence-corrected chi connectivity index (χ1v) is 18.2. The second kappa shape index (κ2) is 10.4. The Bertz CT molecular complexity index is 3360. The van der Waals surface area contributed by atoms with Crippen molar-refractivity contribution < 1.29 is 0 Å². The van der Waals surface area contributed by atoms with Gasteiger partial charge < -0.3 is 0 Å². The van der Waals surface area contributed by atoms with Crippen LogP contribution in [0.25, 0.3) is 120 Å². The normalized spacial score (nSPS) is 12.2. The van der Waals surface area contributed by atoms with E-state index in [0.717, 1.165) is 0 Å². The third kappa shape index (κ3) is 3.66. The van der Waals surface area contributed by atoms with Crippen molar-refractivity contribution in [2.45, 2.75) is 0 Å². The molecule has 0 amide bonds. The summed E-state index contributed by atoms with van der Waals surface area (Å²) in [6, 6.07) is 67.9. The van der Waals surface area contributed by atoms with E-state index < -0.39 is 0 Å². The van der Waals surface area contributed by atoms with E-state index in [2.05, 4.69) is 182 Å². The Morgan fingerprint density at radius 3 is 1.38 bits per heavy atom. The van der Waals surface area contributed by atoms with Crippen molar-refractivity contribution in [3.05, 3.63) is 182 Å². The van der Waals surface area contributed by atoms with Gasteiger partial charge in [-0.2, -0.15) is 0 Å². The smallest absolute Gasteiger partial charge is 0.000697 e. The van der Waals surface area contributed by atoms with Crippen LogP contribution >= 0.6 is 0 Å². The van der Waals surface area contributed by atoms with E-state index >= 15 is 0 Å². The molecule has 0 nitrogen and oxygen atoms in total. The second-order valence-electron chi connectivity index (χ2n) is 14.3. The van der Waals surface area contributed by atoms with Crippen LogP contribution in [0.5, 0.6) is 0 Å². The number of hydrogen-bond donors (Lipinski definition) is 0. The first-order chi connectivity index (χ1) is 25.8. The average molecular weight is 655 g/mol. The van der Waals surface area contributed by atoms with Gasteiger partial charge in [-0.1, -0.05) is 164 Å². The lowest BCUT2D eigenvalue weighted by Crippen LogP contribution is -1.91. The maximum Gasteiger partial charge on any atom is -0.000697 e. The highest BCUT2D eigenvalue weighted by molar-refractivity contribution is 6.46. The molecule has 0 heteroatoms. The molecule has 0 bridgehead atoms. The third-order valence-corrected chi connectivity index (χ3v) is 11.7. The minimum absolute atomic E-state index is 1.24. The monoisotopic (exact) mass is 654 g/mol. The first kappa shape index (κ1) is 28.0. The minimum Gasteiger partial charge on any atom is -0.0622 e. The van der Waals surface area contributed by atoms with E-state index in [1.165, 1.54) is 120 Å². The summed E-state index contributed by atoms with van der Waals surface area (Å²) in [7, 11) is 0. The number of hydrogen-bond acceptors (Lipinski definition) is 0. The zero-order valence-electron chi connectivity index (χ0n) is 28.3. The van der Waals surface area contributed by atoms with Crippen molar-refractivity contribution in [2.24, 2.45) is 0 Å². The summed E-state index contributed by atoms with van der Waals surface area (Å²) in [5.74, 6) is 0. The van der Waals surface area contributed by atoms with Gasteiger partial charge in [-0.15, -0.1) is 0 Å². The molecule has 0 fully saturated rings. The summed E-state index contributed by atoms with van der Waals surface area (Å²) < 4.78 is 0. The molecule has 0 atom stereocenters. The Hall–Kier alpha value is -6.76. The van der Waals surface area contributed by atoms with Crippen molar-refractivity contribution in [3.63, 3.8) is 0 Å². The molecule has 0 aliphatic heterocycles. The van der Waals surface area contributed by atoms with Gasteiger partial charge in [0.15, 0.2) is 0 Å². The fourth-order valence-corrected chi connectivity index (χ4v) is 9.62. The quantitative estimate of drug-likeness (QED) is 0.166. The Morgan fingerprint density at radius 2 is 0.692 bits per heavy atom. The van der Waals surface area contributed by atoms with Crippen LogP contribution in [0.15, 0.2) is 182 Å². The maximum atomic E-state index is 2.52. The molecule has 0 saturated heterocycles. The summed E-state index contributed by atoms with van der Waals surface area (Å²) in [5.41, 5.74) is 7.61. The van der Waals surface area contributed by atoms with Crippen LogP contribution in [0.1, 0.15) is 0 Å². The molecule has 52 heavy (non-hydrogen) atoms. The van der Waals surface area contributed by atoms with E-state index in [4.69, 9.17) is 0 Å². The standard InChI is InChI=1S/C52H30/c1-4-14-31(15-5-1)34-26-27-36-35(28-34)29-44-49-39(36)22-12-25-42(49)51-46(32-16-6-2-7-17-32)45-30-43-38-21-11-10-20-37(38)40-23-13-24-41(48(40)43)50(45)47(52(44)51)33-18-8-3-9-19-33/h1-30H. The van der Waals surface area contributed by atoms with E-state index in [0.29, 0.717) is 0 Å². The summed E-state index contributed by atoms with van der Waals surface area (Å²) in [6.07, 6.45) is 0. The van der Waals surface area contributed by atoms with Crippen LogP contribution < -0.4 is 0 Å². The van der Waals surface area contributed by atoms with Crippen molar-refractivity contribution >= 4 is 86.2 Å². The summed E-state index contributed by atoms with van der Waals surface area (Å²) in [6.45, 7) is 0. The van der Waals surface area contributed by atoms with Crippen LogP contribution in [0.2, 0.25) is 0 Å². The van der Waals surface area contributed by atoms with Gasteiger partial charge in [-0.05, 0) is 138 Å². The van der Waals surface area contributed by atoms with Crippen LogP contribution in [-0.4, -0.2) is 0 Å². The SMILES string of the molecule is c1ccc(-c2ccc3c(c2)cc2c4c(-c5ccccc5)c5c(cc6c7ccccc7c7cccc5c76)c(-c5ccccc5)c4c4cccc3c42)cc1. The van der Waals surface area contributed by atoms with Crippen LogP contribution in [0.4, 0.5) is 0 Å². The van der Waals surface area contributed by atoms with E-state index in [1.807, 2.05) is 0 Å². The predicted molar refractivity (Wildman–Crippen MR) is 225 cm³/mol. The lowest BCUT2D eigenvalue weighted by atomic mass is 9.84. The average Bonchev–Trinajstić information content (AvgIpc) is 3.72. The van der Waals surface area contributed by atoms with Crippen LogP contribution in [-0.2, 0) is 0 Å². The van der Waals surface area contributed by atoms with Crippen LogP contribution in [0, 0.1) is 0 Å². The van der Waals surface area contributed by atoms with Crippen molar-refractivity contribution in [3.8, 4) is 33.4 Å². The molecule has 0 radical (unpaired) electrons. The Labute approximate surface area is 300 Å². The van der Waals surface area contributed by atoms with Gasteiger partial charge in [0, 0.05) is 0 Å². The molecule has 0 saturated carbocycles. The van der Waals surface area contributed by atoms with Crippen molar-refractivity contribution in [2.75, 3.05) is 0 Å². The highest BCUT2D eigenvalue weighted by Crippen LogP contribution is 2.55. The molecule has 0 spiro atoms. The topological polar surface area (TPSA) is 0 Å². The second-order valence-corrected chi connectivity index (χ2v) is 14.3. The van der Waals surface area contributed by atoms with E-state index in [9.17, 15) is 0 Å². The zero-order valence-corrected chi connectivity index (χ0v) is 28.3. The first-order valence-electron chi connectivity index (χ1n) is 18.2. The Balaban J connectivity index is 1.39. The molecule has 0 aliphatic carbocycles. The highest BCUT2D eigenvalue weighted by atomic mass is 14.3. The minimum atomic E-state index is 1.24. The molecule has 0 unspecified atom stereocenters. The van der Waals surface area contributed by atoms with Gasteiger partial charge in [0.05, 0.1) is 0 Å².